The molecule has 0 saturated heterocycles. The molecule has 0 aliphatic rings. The Hall–Kier alpha value is -2.16. The molecule has 264 valence electrons. The Morgan fingerprint density at radius 1 is 1.02 bits per heavy atom. The van der Waals surface area contributed by atoms with Crippen LogP contribution in [0.15, 0.2) is 12.7 Å². The van der Waals surface area contributed by atoms with Crippen LogP contribution >= 0.6 is 15.9 Å². The topological polar surface area (TPSA) is 111 Å². The lowest BCUT2D eigenvalue weighted by molar-refractivity contribution is -0.176. The van der Waals surface area contributed by atoms with E-state index < -0.39 is 50.3 Å². The van der Waals surface area contributed by atoms with Crippen LogP contribution in [0.5, 0.6) is 0 Å². The monoisotopic (exact) mass is 728 g/mol. The summed E-state index contributed by atoms with van der Waals surface area (Å²) in [4.78, 5) is 58.1. The molecule has 0 aromatic heterocycles. The summed E-state index contributed by atoms with van der Waals surface area (Å²) < 4.78 is 17.7. The first-order valence-electron chi connectivity index (χ1n) is 16.5. The van der Waals surface area contributed by atoms with Crippen molar-refractivity contribution in [3.8, 4) is 10.8 Å². The van der Waals surface area contributed by atoms with E-state index in [2.05, 4.69) is 72.4 Å². The number of carbonyl (C=O) groups excluding carboxylic acids is 4. The maximum Gasteiger partial charge on any atom is 0.348 e. The minimum atomic E-state index is -2.22. The maximum atomic E-state index is 14.0. The predicted molar refractivity (Wildman–Crippen MR) is 190 cm³/mol. The van der Waals surface area contributed by atoms with Gasteiger partial charge in [0.05, 0.1) is 12.0 Å². The van der Waals surface area contributed by atoms with Gasteiger partial charge in [-0.05, 0) is 54.1 Å². The SMILES string of the molecule is C=CCOC(=O)[C@@H](OC(=O)[C@H](C(C)C)N(C)C(=O)[C@@H](NC(=O)[C@@H](C)[C@@H](CCCC#CBr)O[Si](C)(C)C(C)(C)C)C(C)C)[C@@H](C)CC. The molecule has 1 N–H and O–H groups in total. The van der Waals surface area contributed by atoms with Crippen molar-refractivity contribution in [1.82, 2.24) is 10.2 Å². The van der Waals surface area contributed by atoms with Gasteiger partial charge in [-0.25, -0.2) is 9.59 Å². The third-order valence-corrected chi connectivity index (χ3v) is 13.7. The van der Waals surface area contributed by atoms with Crippen LogP contribution in [0.3, 0.4) is 0 Å². The number of esters is 2. The van der Waals surface area contributed by atoms with Crippen molar-refractivity contribution >= 4 is 48.0 Å². The number of hydrogen-bond acceptors (Lipinski definition) is 7. The fourth-order valence-corrected chi connectivity index (χ4v) is 6.27. The Morgan fingerprint density at radius 3 is 2.07 bits per heavy atom. The second-order valence-corrected chi connectivity index (χ2v) is 19.6. The van der Waals surface area contributed by atoms with Crippen LogP contribution in [-0.2, 0) is 33.1 Å². The van der Waals surface area contributed by atoms with Gasteiger partial charge in [0, 0.05) is 35.3 Å². The molecular weight excluding hydrogens is 668 g/mol. The van der Waals surface area contributed by atoms with E-state index in [0.717, 1.165) is 6.42 Å². The molecule has 46 heavy (non-hydrogen) atoms. The molecule has 0 rings (SSSR count). The fraction of sp³-hybridized carbons (Fsp3) is 0.771. The standard InChI is InChI=1S/C35H61BrN2O7Si/c1-15-22-43-34(42)30(25(7)16-2)44-33(41)29(24(5)6)38(12)32(40)28(23(3)4)37-31(39)26(8)27(20-18-17-19-21-36)45-46(13,14)35(9,10)11/h15,23-30H,1,16-18,20,22H2,2-14H3,(H,37,39)/t25-,26-,27+,28-,29-,30-/m0/s1. The average Bonchev–Trinajstić information content (AvgIpc) is 2.96. The number of nitrogens with zero attached hydrogens (tertiary/aromatic N) is 1. The first-order chi connectivity index (χ1) is 21.2. The largest absolute Gasteiger partial charge is 0.459 e. The van der Waals surface area contributed by atoms with Crippen LogP contribution in [-0.4, -0.2) is 74.9 Å². The zero-order chi connectivity index (χ0) is 36.0. The summed E-state index contributed by atoms with van der Waals surface area (Å²) in [5, 5.41) is 2.93. The Balaban J connectivity index is 6.15. The molecule has 0 aromatic carbocycles. The van der Waals surface area contributed by atoms with Crippen molar-refractivity contribution in [3.05, 3.63) is 12.7 Å². The molecule has 0 saturated carbocycles. The minimum absolute atomic E-state index is 0.00373. The number of ether oxygens (including phenoxy) is 2. The molecule has 0 radical (unpaired) electrons. The van der Waals surface area contributed by atoms with Gasteiger partial charge in [-0.3, -0.25) is 9.59 Å². The van der Waals surface area contributed by atoms with E-state index in [1.807, 2.05) is 27.7 Å². The van der Waals surface area contributed by atoms with Crippen molar-refractivity contribution in [2.24, 2.45) is 23.7 Å². The minimum Gasteiger partial charge on any atom is -0.459 e. The van der Waals surface area contributed by atoms with Gasteiger partial charge in [0.15, 0.2) is 8.32 Å². The highest BCUT2D eigenvalue weighted by Gasteiger charge is 2.43. The number of halogens is 1. The molecule has 2 amide bonds. The smallest absolute Gasteiger partial charge is 0.348 e. The zero-order valence-corrected chi connectivity index (χ0v) is 33.2. The van der Waals surface area contributed by atoms with Crippen molar-refractivity contribution in [2.75, 3.05) is 13.7 Å². The lowest BCUT2D eigenvalue weighted by atomic mass is 9.95. The fourth-order valence-electron chi connectivity index (χ4n) is 4.63. The average molecular weight is 730 g/mol. The van der Waals surface area contributed by atoms with E-state index in [1.165, 1.54) is 18.0 Å². The summed E-state index contributed by atoms with van der Waals surface area (Å²) >= 11 is 3.14. The highest BCUT2D eigenvalue weighted by atomic mass is 79.9. The van der Waals surface area contributed by atoms with Crippen molar-refractivity contribution in [3.63, 3.8) is 0 Å². The molecule has 6 atom stereocenters. The van der Waals surface area contributed by atoms with Crippen LogP contribution in [0.25, 0.3) is 0 Å². The molecule has 11 heteroatoms. The number of likely N-dealkylation sites (N-methyl/N-ethyl adjacent to an activating group) is 1. The summed E-state index contributed by atoms with van der Waals surface area (Å²) in [7, 11) is -0.687. The van der Waals surface area contributed by atoms with Crippen molar-refractivity contribution < 1.29 is 33.1 Å². The molecule has 0 bridgehead atoms. The predicted octanol–water partition coefficient (Wildman–Crippen LogP) is 6.85. The van der Waals surface area contributed by atoms with Crippen LogP contribution in [0.1, 0.15) is 94.9 Å². The molecule has 0 aromatic rings. The molecule has 0 aliphatic carbocycles. The summed E-state index contributed by atoms with van der Waals surface area (Å²) in [5.74, 6) is -0.509. The van der Waals surface area contributed by atoms with Gasteiger partial charge < -0.3 is 24.1 Å². The number of amides is 2. The number of rotatable bonds is 19. The lowest BCUT2D eigenvalue weighted by Gasteiger charge is -2.41. The number of hydrogen-bond donors (Lipinski definition) is 1. The first-order valence-corrected chi connectivity index (χ1v) is 20.2. The van der Waals surface area contributed by atoms with Gasteiger partial charge in [-0.2, -0.15) is 0 Å². The third-order valence-electron chi connectivity index (χ3n) is 8.93. The van der Waals surface area contributed by atoms with Gasteiger partial charge in [0.25, 0.3) is 0 Å². The first kappa shape index (κ1) is 43.8. The summed E-state index contributed by atoms with van der Waals surface area (Å²) in [6.07, 6.45) is 2.63. The Kier molecular flexibility index (Phi) is 19.3. The molecule has 0 aliphatic heterocycles. The van der Waals surface area contributed by atoms with Crippen LogP contribution in [0.4, 0.5) is 0 Å². The molecule has 0 unspecified atom stereocenters. The van der Waals surface area contributed by atoms with Crippen LogP contribution < -0.4 is 5.32 Å². The Morgan fingerprint density at radius 2 is 1.61 bits per heavy atom. The number of carbonyl (C=O) groups is 4. The van der Waals surface area contributed by atoms with Crippen LogP contribution in [0, 0.1) is 34.4 Å². The Labute approximate surface area is 288 Å². The van der Waals surface area contributed by atoms with Gasteiger partial charge >= 0.3 is 11.9 Å². The molecule has 9 nitrogen and oxygen atoms in total. The van der Waals surface area contributed by atoms with Gasteiger partial charge in [-0.1, -0.05) is 87.8 Å². The molecule has 0 spiro atoms. The van der Waals surface area contributed by atoms with E-state index in [-0.39, 0.29) is 41.4 Å². The van der Waals surface area contributed by atoms with Crippen LogP contribution in [0.2, 0.25) is 18.1 Å². The highest BCUT2D eigenvalue weighted by Crippen LogP contribution is 2.39. The second kappa shape index (κ2) is 20.3. The van der Waals surface area contributed by atoms with E-state index >= 15 is 0 Å². The van der Waals surface area contributed by atoms with Crippen molar-refractivity contribution in [2.45, 2.75) is 137 Å². The van der Waals surface area contributed by atoms with Gasteiger partial charge in [0.2, 0.25) is 17.9 Å². The maximum absolute atomic E-state index is 14.0. The quantitative estimate of drug-likeness (QED) is 0.0509. The zero-order valence-electron chi connectivity index (χ0n) is 30.6. The van der Waals surface area contributed by atoms with Crippen molar-refractivity contribution in [1.29, 1.82) is 0 Å². The summed E-state index contributed by atoms with van der Waals surface area (Å²) in [5.41, 5.74) is 0. The molecule has 0 heterocycles. The Bertz CT molecular complexity index is 1080. The summed E-state index contributed by atoms with van der Waals surface area (Å²) in [6.45, 7) is 27.2. The second-order valence-electron chi connectivity index (χ2n) is 14.4. The van der Waals surface area contributed by atoms with E-state index in [0.29, 0.717) is 19.3 Å². The number of unbranched alkanes of at least 4 members (excludes halogenated alkanes) is 1. The van der Waals surface area contributed by atoms with E-state index in [4.69, 9.17) is 13.9 Å². The third kappa shape index (κ3) is 13.5. The van der Waals surface area contributed by atoms with Gasteiger partial charge in [0.1, 0.15) is 18.7 Å². The number of nitrogens with one attached hydrogen (secondary N) is 1. The van der Waals surface area contributed by atoms with E-state index in [9.17, 15) is 19.2 Å². The van der Waals surface area contributed by atoms with Gasteiger partial charge in [-0.15, -0.1) is 0 Å². The lowest BCUT2D eigenvalue weighted by Crippen LogP contribution is -2.57. The molecule has 0 fully saturated rings. The van der Waals surface area contributed by atoms with E-state index in [1.54, 1.807) is 20.8 Å². The molecular formula is C35H61BrN2O7Si. The normalized spacial score (nSPS) is 15.8. The summed E-state index contributed by atoms with van der Waals surface area (Å²) in [6, 6.07) is -1.89. The highest BCUT2D eigenvalue weighted by molar-refractivity contribution is 9.12.